The molecule has 1 aliphatic rings. The van der Waals surface area contributed by atoms with Crippen molar-refractivity contribution in [1.29, 1.82) is 5.26 Å². The van der Waals surface area contributed by atoms with Crippen molar-refractivity contribution in [2.45, 2.75) is 25.3 Å². The number of imidazole rings is 1. The number of aryl methyl sites for hydroxylation is 1. The van der Waals surface area contributed by atoms with Crippen molar-refractivity contribution < 1.29 is 4.79 Å². The van der Waals surface area contributed by atoms with E-state index < -0.39 is 6.04 Å². The Morgan fingerprint density at radius 2 is 2.10 bits per heavy atom. The Morgan fingerprint density at radius 1 is 1.30 bits per heavy atom. The van der Waals surface area contributed by atoms with Crippen LogP contribution in [0.25, 0.3) is 0 Å². The van der Waals surface area contributed by atoms with Crippen LogP contribution in [0.1, 0.15) is 28.6 Å². The molecule has 2 heterocycles. The molecule has 2 unspecified atom stereocenters. The molecule has 4 rings (SSSR count). The van der Waals surface area contributed by atoms with Crippen LogP contribution in [0.15, 0.2) is 54.7 Å². The number of H-pyrrole nitrogens is 1. The summed E-state index contributed by atoms with van der Waals surface area (Å²) in [7, 11) is 0. The van der Waals surface area contributed by atoms with Crippen LogP contribution >= 0.6 is 11.6 Å². The van der Waals surface area contributed by atoms with Crippen LogP contribution in [0.4, 0.5) is 5.69 Å². The number of amides is 1. The van der Waals surface area contributed by atoms with Crippen molar-refractivity contribution in [3.05, 3.63) is 82.4 Å². The Bertz CT molecular complexity index is 1090. The normalized spacial score (nSPS) is 17.6. The molecule has 7 heteroatoms. The Labute approximate surface area is 180 Å². The Balaban J connectivity index is 1.65. The molecule has 1 aromatic heterocycles. The van der Waals surface area contributed by atoms with E-state index in [2.05, 4.69) is 21.4 Å². The fraction of sp³-hybridized carbons (Fsp3) is 0.261. The van der Waals surface area contributed by atoms with Crippen molar-refractivity contribution >= 4 is 23.2 Å². The minimum Gasteiger partial charge on any atom is -0.346 e. The standard InChI is InChI=1S/C23H22ClN5O/c1-15-27-14-21(28-15)20(11-16-5-7-17(13-25)8-6-16)22-23(30)29(10-9-26-22)19-4-2-3-18(24)12-19/h2-8,12,14,20,22,26H,9-11H2,1H3,(H,27,28). The Hall–Kier alpha value is -3.14. The lowest BCUT2D eigenvalue weighted by Gasteiger charge is -2.37. The highest BCUT2D eigenvalue weighted by molar-refractivity contribution is 6.30. The molecule has 0 spiro atoms. The van der Waals surface area contributed by atoms with E-state index in [0.717, 1.165) is 22.8 Å². The molecular weight excluding hydrogens is 398 g/mol. The molecule has 0 bridgehead atoms. The maximum absolute atomic E-state index is 13.5. The lowest BCUT2D eigenvalue weighted by Crippen LogP contribution is -2.57. The first-order valence-electron chi connectivity index (χ1n) is 9.86. The van der Waals surface area contributed by atoms with E-state index in [0.29, 0.717) is 30.1 Å². The maximum Gasteiger partial charge on any atom is 0.244 e. The first-order chi connectivity index (χ1) is 14.5. The summed E-state index contributed by atoms with van der Waals surface area (Å²) >= 11 is 6.15. The summed E-state index contributed by atoms with van der Waals surface area (Å²) < 4.78 is 0. The van der Waals surface area contributed by atoms with Crippen LogP contribution in [-0.2, 0) is 11.2 Å². The van der Waals surface area contributed by atoms with Gasteiger partial charge in [0, 0.05) is 41.6 Å². The second-order valence-corrected chi connectivity index (χ2v) is 7.88. The summed E-state index contributed by atoms with van der Waals surface area (Å²) in [5.41, 5.74) is 3.39. The molecule has 1 fully saturated rings. The first kappa shape index (κ1) is 20.1. The third-order valence-electron chi connectivity index (χ3n) is 5.41. The zero-order chi connectivity index (χ0) is 21.1. The molecule has 6 nitrogen and oxygen atoms in total. The fourth-order valence-electron chi connectivity index (χ4n) is 3.92. The number of nitrogens with zero attached hydrogens (tertiary/aromatic N) is 3. The average Bonchev–Trinajstić information content (AvgIpc) is 3.19. The molecule has 2 N–H and O–H groups in total. The molecular formula is C23H22ClN5O. The zero-order valence-corrected chi connectivity index (χ0v) is 17.4. The van der Waals surface area contributed by atoms with Gasteiger partial charge in [0.1, 0.15) is 5.82 Å². The molecule has 0 aliphatic carbocycles. The predicted molar refractivity (Wildman–Crippen MR) is 117 cm³/mol. The van der Waals surface area contributed by atoms with Crippen LogP contribution in [0, 0.1) is 18.3 Å². The predicted octanol–water partition coefficient (Wildman–Crippen LogP) is 3.57. The van der Waals surface area contributed by atoms with Gasteiger partial charge in [-0.3, -0.25) is 4.79 Å². The Kier molecular flexibility index (Phi) is 5.84. The second kappa shape index (κ2) is 8.70. The van der Waals surface area contributed by atoms with Gasteiger partial charge in [-0.1, -0.05) is 29.8 Å². The number of hydrogen-bond acceptors (Lipinski definition) is 4. The summed E-state index contributed by atoms with van der Waals surface area (Å²) in [6.45, 7) is 3.16. The van der Waals surface area contributed by atoms with Gasteiger partial charge in [0.15, 0.2) is 0 Å². The largest absolute Gasteiger partial charge is 0.346 e. The molecule has 1 amide bonds. The summed E-state index contributed by atoms with van der Waals surface area (Å²) in [4.78, 5) is 22.9. The first-order valence-corrected chi connectivity index (χ1v) is 10.2. The molecule has 30 heavy (non-hydrogen) atoms. The number of nitrogens with one attached hydrogen (secondary N) is 2. The fourth-order valence-corrected chi connectivity index (χ4v) is 4.10. The van der Waals surface area contributed by atoms with E-state index in [9.17, 15) is 4.79 Å². The van der Waals surface area contributed by atoms with E-state index in [1.807, 2.05) is 37.3 Å². The number of piperazine rings is 1. The number of nitriles is 1. The van der Waals surface area contributed by atoms with Gasteiger partial charge < -0.3 is 15.2 Å². The van der Waals surface area contributed by atoms with Gasteiger partial charge in [-0.15, -0.1) is 0 Å². The summed E-state index contributed by atoms with van der Waals surface area (Å²) in [6.07, 6.45) is 2.44. The monoisotopic (exact) mass is 419 g/mol. The number of hydrogen-bond donors (Lipinski definition) is 2. The minimum atomic E-state index is -0.409. The summed E-state index contributed by atoms with van der Waals surface area (Å²) in [6, 6.07) is 16.6. The number of halogens is 1. The van der Waals surface area contributed by atoms with Gasteiger partial charge in [0.25, 0.3) is 0 Å². The van der Waals surface area contributed by atoms with E-state index in [4.69, 9.17) is 16.9 Å². The van der Waals surface area contributed by atoms with E-state index in [-0.39, 0.29) is 11.8 Å². The number of aromatic nitrogens is 2. The van der Waals surface area contributed by atoms with Crippen molar-refractivity contribution in [3.63, 3.8) is 0 Å². The highest BCUT2D eigenvalue weighted by atomic mass is 35.5. The third kappa shape index (κ3) is 4.23. The lowest BCUT2D eigenvalue weighted by molar-refractivity contribution is -0.122. The van der Waals surface area contributed by atoms with Crippen molar-refractivity contribution in [3.8, 4) is 6.07 Å². The average molecular weight is 420 g/mol. The quantitative estimate of drug-likeness (QED) is 0.662. The number of benzene rings is 2. The molecule has 1 saturated heterocycles. The molecule has 0 saturated carbocycles. The SMILES string of the molecule is Cc1ncc(C(Cc2ccc(C#N)cc2)C2NCCN(c3cccc(Cl)c3)C2=O)[nH]1. The highest BCUT2D eigenvalue weighted by Gasteiger charge is 2.37. The highest BCUT2D eigenvalue weighted by Crippen LogP contribution is 2.29. The van der Waals surface area contributed by atoms with Crippen molar-refractivity contribution in [2.75, 3.05) is 18.0 Å². The second-order valence-electron chi connectivity index (χ2n) is 7.44. The topological polar surface area (TPSA) is 84.8 Å². The van der Waals surface area contributed by atoms with Crippen LogP contribution < -0.4 is 10.2 Å². The molecule has 2 aromatic carbocycles. The van der Waals surface area contributed by atoms with Gasteiger partial charge in [-0.2, -0.15) is 5.26 Å². The number of carbonyl (C=O) groups excluding carboxylic acids is 1. The summed E-state index contributed by atoms with van der Waals surface area (Å²) in [5.74, 6) is 0.688. The van der Waals surface area contributed by atoms with Crippen LogP contribution in [0.2, 0.25) is 5.02 Å². The van der Waals surface area contributed by atoms with Crippen LogP contribution in [-0.4, -0.2) is 35.0 Å². The molecule has 0 radical (unpaired) electrons. The zero-order valence-electron chi connectivity index (χ0n) is 16.6. The number of aromatic amines is 1. The van der Waals surface area contributed by atoms with Crippen molar-refractivity contribution in [1.82, 2.24) is 15.3 Å². The van der Waals surface area contributed by atoms with E-state index >= 15 is 0 Å². The van der Waals surface area contributed by atoms with E-state index in [1.165, 1.54) is 0 Å². The third-order valence-corrected chi connectivity index (χ3v) is 5.65. The number of anilines is 1. The number of carbonyl (C=O) groups is 1. The van der Waals surface area contributed by atoms with Crippen LogP contribution in [0.5, 0.6) is 0 Å². The smallest absolute Gasteiger partial charge is 0.244 e. The lowest BCUT2D eigenvalue weighted by atomic mass is 9.87. The van der Waals surface area contributed by atoms with E-state index in [1.54, 1.807) is 29.3 Å². The van der Waals surface area contributed by atoms with Gasteiger partial charge in [0.05, 0.1) is 17.7 Å². The minimum absolute atomic E-state index is 0.00872. The summed E-state index contributed by atoms with van der Waals surface area (Å²) in [5, 5.41) is 13.1. The van der Waals surface area contributed by atoms with Gasteiger partial charge in [-0.25, -0.2) is 4.98 Å². The van der Waals surface area contributed by atoms with Crippen molar-refractivity contribution in [2.24, 2.45) is 0 Å². The number of rotatable bonds is 5. The Morgan fingerprint density at radius 3 is 2.77 bits per heavy atom. The maximum atomic E-state index is 13.5. The molecule has 3 aromatic rings. The molecule has 1 aliphatic heterocycles. The van der Waals surface area contributed by atoms with Gasteiger partial charge in [-0.05, 0) is 49.2 Å². The molecule has 152 valence electrons. The molecule has 2 atom stereocenters. The van der Waals surface area contributed by atoms with Gasteiger partial charge in [0.2, 0.25) is 5.91 Å². The van der Waals surface area contributed by atoms with Gasteiger partial charge >= 0.3 is 0 Å². The van der Waals surface area contributed by atoms with Crippen LogP contribution in [0.3, 0.4) is 0 Å².